The highest BCUT2D eigenvalue weighted by atomic mass is 16.7. The zero-order chi connectivity index (χ0) is 14.0. The highest BCUT2D eigenvalue weighted by Gasteiger charge is 2.49. The number of carboxylic acids is 1. The summed E-state index contributed by atoms with van der Waals surface area (Å²) < 4.78 is 5.10. The first-order chi connectivity index (χ1) is 8.31. The Morgan fingerprint density at radius 1 is 1.22 bits per heavy atom. The van der Waals surface area contributed by atoms with Gasteiger partial charge in [-0.2, -0.15) is 5.06 Å². The lowest BCUT2D eigenvalue weighted by Crippen LogP contribution is -2.64. The molecule has 0 aromatic carbocycles. The third-order valence-corrected chi connectivity index (χ3v) is 2.80. The number of hydroxylamine groups is 2. The molecule has 1 heterocycles. The van der Waals surface area contributed by atoms with Crippen molar-refractivity contribution in [2.24, 2.45) is 0 Å². The maximum absolute atomic E-state index is 10.9. The number of aliphatic hydroxyl groups excluding tert-OH is 3. The molecule has 1 rings (SSSR count). The van der Waals surface area contributed by atoms with Crippen molar-refractivity contribution in [2.75, 3.05) is 7.11 Å². The minimum atomic E-state index is -1.69. The smallest absolute Gasteiger partial charge is 0.335 e. The Hall–Kier alpha value is -0.770. The van der Waals surface area contributed by atoms with Crippen molar-refractivity contribution >= 4 is 5.97 Å². The zero-order valence-corrected chi connectivity index (χ0v) is 10.4. The number of ether oxygens (including phenoxy) is 1. The van der Waals surface area contributed by atoms with E-state index in [1.807, 2.05) is 0 Å². The molecule has 1 aliphatic heterocycles. The molecule has 5 atom stereocenters. The zero-order valence-electron chi connectivity index (χ0n) is 10.4. The number of hydrogen-bond acceptors (Lipinski definition) is 7. The summed E-state index contributed by atoms with van der Waals surface area (Å²) in [7, 11) is 1.34. The van der Waals surface area contributed by atoms with E-state index in [1.165, 1.54) is 12.2 Å². The summed E-state index contributed by atoms with van der Waals surface area (Å²) >= 11 is 0. The van der Waals surface area contributed by atoms with E-state index in [2.05, 4.69) is 0 Å². The Balaban J connectivity index is 2.94. The summed E-state index contributed by atoms with van der Waals surface area (Å²) in [5.41, 5.74) is 0. The van der Waals surface area contributed by atoms with Crippen LogP contribution in [0.1, 0.15) is 13.8 Å². The maximum Gasteiger partial charge on any atom is 0.335 e. The van der Waals surface area contributed by atoms with Crippen molar-refractivity contribution in [1.29, 1.82) is 0 Å². The normalized spacial score (nSPS) is 37.2. The molecule has 0 amide bonds. The van der Waals surface area contributed by atoms with Gasteiger partial charge in [-0.25, -0.2) is 4.79 Å². The second-order valence-corrected chi connectivity index (χ2v) is 4.39. The first kappa shape index (κ1) is 15.3. The van der Waals surface area contributed by atoms with Crippen molar-refractivity contribution < 1.29 is 34.8 Å². The van der Waals surface area contributed by atoms with Crippen molar-refractivity contribution in [3.8, 4) is 0 Å². The third-order valence-electron chi connectivity index (χ3n) is 2.80. The Morgan fingerprint density at radius 2 is 1.78 bits per heavy atom. The van der Waals surface area contributed by atoms with Crippen molar-refractivity contribution in [3.63, 3.8) is 0 Å². The summed E-state index contributed by atoms with van der Waals surface area (Å²) in [5, 5.41) is 39.1. The van der Waals surface area contributed by atoms with E-state index in [9.17, 15) is 20.1 Å². The van der Waals surface area contributed by atoms with Crippen LogP contribution in [0.4, 0.5) is 0 Å². The maximum atomic E-state index is 10.9. The van der Waals surface area contributed by atoms with Crippen molar-refractivity contribution in [2.45, 2.75) is 50.5 Å². The van der Waals surface area contributed by atoms with Crippen molar-refractivity contribution in [3.05, 3.63) is 0 Å². The van der Waals surface area contributed by atoms with Crippen LogP contribution in [0.2, 0.25) is 0 Å². The predicted octanol–water partition coefficient (Wildman–Crippen LogP) is -1.85. The number of hydrogen-bond donors (Lipinski definition) is 4. The molecule has 1 fully saturated rings. The fraction of sp³-hybridized carbons (Fsp3) is 0.900. The van der Waals surface area contributed by atoms with Crippen LogP contribution in [0.25, 0.3) is 0 Å². The number of carbonyl (C=O) groups is 1. The third kappa shape index (κ3) is 2.79. The molecule has 0 aromatic rings. The molecule has 0 saturated carbocycles. The Morgan fingerprint density at radius 3 is 2.17 bits per heavy atom. The molecule has 0 aromatic heterocycles. The summed E-state index contributed by atoms with van der Waals surface area (Å²) in [6.45, 7) is 3.49. The van der Waals surface area contributed by atoms with Gasteiger partial charge in [0.15, 0.2) is 12.3 Å². The first-order valence-corrected chi connectivity index (χ1v) is 5.56. The molecule has 4 N–H and O–H groups in total. The van der Waals surface area contributed by atoms with Gasteiger partial charge >= 0.3 is 5.97 Å². The number of nitrogens with zero attached hydrogens (tertiary/aromatic N) is 1. The van der Waals surface area contributed by atoms with Gasteiger partial charge in [0.2, 0.25) is 0 Å². The van der Waals surface area contributed by atoms with Crippen LogP contribution >= 0.6 is 0 Å². The van der Waals surface area contributed by atoms with E-state index in [-0.39, 0.29) is 6.04 Å². The van der Waals surface area contributed by atoms with E-state index >= 15 is 0 Å². The van der Waals surface area contributed by atoms with Gasteiger partial charge in [-0.3, -0.25) is 4.84 Å². The Kier molecular flexibility index (Phi) is 5.02. The molecular formula is C10H19NO7. The van der Waals surface area contributed by atoms with Crippen LogP contribution in [-0.2, 0) is 14.4 Å². The molecule has 8 heteroatoms. The molecule has 1 saturated heterocycles. The van der Waals surface area contributed by atoms with Gasteiger partial charge in [-0.15, -0.1) is 0 Å². The fourth-order valence-electron chi connectivity index (χ4n) is 1.88. The minimum Gasteiger partial charge on any atom is -0.479 e. The van der Waals surface area contributed by atoms with Gasteiger partial charge in [-0.1, -0.05) is 0 Å². The first-order valence-electron chi connectivity index (χ1n) is 5.56. The standard InChI is InChI=1S/C10H19NO7/c1-4(2)11(17-3)9-7(14)5(12)6(13)8(18-9)10(15)16/h4-9,12-14H,1-3H3,(H,15,16)/t5?,6-,7?,8?,9+/m0/s1. The Bertz CT molecular complexity index is 298. The molecule has 106 valence electrons. The molecule has 0 bridgehead atoms. The molecule has 0 aliphatic carbocycles. The van der Waals surface area contributed by atoms with Gasteiger partial charge in [0.1, 0.15) is 18.3 Å². The number of aliphatic carboxylic acids is 1. The van der Waals surface area contributed by atoms with Crippen LogP contribution in [0.15, 0.2) is 0 Å². The lowest BCUT2D eigenvalue weighted by molar-refractivity contribution is -0.330. The van der Waals surface area contributed by atoms with Gasteiger partial charge in [0.25, 0.3) is 0 Å². The summed E-state index contributed by atoms with van der Waals surface area (Å²) in [6, 6.07) is -0.216. The molecule has 1 aliphatic rings. The molecule has 0 radical (unpaired) electrons. The van der Waals surface area contributed by atoms with E-state index in [0.29, 0.717) is 0 Å². The fourth-order valence-corrected chi connectivity index (χ4v) is 1.88. The lowest BCUT2D eigenvalue weighted by Gasteiger charge is -2.43. The predicted molar refractivity (Wildman–Crippen MR) is 58.3 cm³/mol. The van der Waals surface area contributed by atoms with Crippen LogP contribution in [0.3, 0.4) is 0 Å². The molecule has 0 spiro atoms. The second-order valence-electron chi connectivity index (χ2n) is 4.39. The Labute approximate surface area is 104 Å². The number of rotatable bonds is 4. The molecule has 8 nitrogen and oxygen atoms in total. The van der Waals surface area contributed by atoms with Crippen molar-refractivity contribution in [1.82, 2.24) is 5.06 Å². The van der Waals surface area contributed by atoms with E-state index in [1.54, 1.807) is 13.8 Å². The van der Waals surface area contributed by atoms with Crippen LogP contribution in [-0.4, -0.2) is 75.3 Å². The molecule has 18 heavy (non-hydrogen) atoms. The number of carboxylic acid groups (broad SMARTS) is 1. The average molecular weight is 265 g/mol. The van der Waals surface area contributed by atoms with Gasteiger partial charge in [0.05, 0.1) is 7.11 Å². The van der Waals surface area contributed by atoms with Gasteiger partial charge in [-0.05, 0) is 13.8 Å². The minimum absolute atomic E-state index is 0.216. The highest BCUT2D eigenvalue weighted by Crippen LogP contribution is 2.25. The second kappa shape index (κ2) is 5.91. The quantitative estimate of drug-likeness (QED) is 0.437. The van der Waals surface area contributed by atoms with Crippen LogP contribution in [0, 0.1) is 0 Å². The van der Waals surface area contributed by atoms with Crippen LogP contribution in [0.5, 0.6) is 0 Å². The SMILES string of the molecule is CON(C(C)C)[C@@H]1OC(C(=O)O)[C@@H](O)C(O)C1O. The monoisotopic (exact) mass is 265 g/mol. The van der Waals surface area contributed by atoms with E-state index in [4.69, 9.17) is 14.7 Å². The summed E-state index contributed by atoms with van der Waals surface area (Å²) in [6.07, 6.45) is -7.59. The highest BCUT2D eigenvalue weighted by molar-refractivity contribution is 5.73. The molecular weight excluding hydrogens is 246 g/mol. The topological polar surface area (TPSA) is 120 Å². The number of aliphatic hydroxyl groups is 3. The summed E-state index contributed by atoms with van der Waals surface area (Å²) in [5.74, 6) is -1.42. The van der Waals surface area contributed by atoms with E-state index < -0.39 is 36.6 Å². The van der Waals surface area contributed by atoms with Gasteiger partial charge in [0, 0.05) is 6.04 Å². The van der Waals surface area contributed by atoms with Gasteiger partial charge < -0.3 is 25.2 Å². The molecule has 3 unspecified atom stereocenters. The summed E-state index contributed by atoms with van der Waals surface area (Å²) in [4.78, 5) is 15.9. The van der Waals surface area contributed by atoms with Crippen LogP contribution < -0.4 is 0 Å². The largest absolute Gasteiger partial charge is 0.479 e. The average Bonchev–Trinajstić information content (AvgIpc) is 2.29. The lowest BCUT2D eigenvalue weighted by atomic mass is 9.97. The van der Waals surface area contributed by atoms with E-state index in [0.717, 1.165) is 0 Å².